The van der Waals surface area contributed by atoms with E-state index < -0.39 is 0 Å². The highest BCUT2D eigenvalue weighted by Crippen LogP contribution is 2.42. The van der Waals surface area contributed by atoms with Crippen molar-refractivity contribution in [2.45, 2.75) is 0 Å². The predicted octanol–water partition coefficient (Wildman–Crippen LogP) is 12.9. The molecule has 8 aromatic carbocycles. The molecule has 2 heterocycles. The van der Waals surface area contributed by atoms with E-state index in [1.807, 2.05) is 0 Å². The zero-order valence-electron chi connectivity index (χ0n) is 27.4. The third kappa shape index (κ3) is 4.50. The predicted molar refractivity (Wildman–Crippen MR) is 211 cm³/mol. The van der Waals surface area contributed by atoms with E-state index in [0.717, 1.165) is 11.4 Å². The average molecular weight is 637 g/mol. The van der Waals surface area contributed by atoms with Crippen LogP contribution in [0.2, 0.25) is 0 Å². The number of para-hydroxylation sites is 3. The van der Waals surface area contributed by atoms with Crippen LogP contribution in [0.3, 0.4) is 0 Å². The molecule has 2 aromatic heterocycles. The molecule has 0 aliphatic rings. The Bertz CT molecular complexity index is 2830. The first kappa shape index (κ1) is 28.4. The lowest BCUT2D eigenvalue weighted by molar-refractivity contribution is 1.18. The number of nitrogens with zero attached hydrogens (tertiary/aromatic N) is 2. The second kappa shape index (κ2) is 11.5. The minimum absolute atomic E-state index is 1.15. The van der Waals surface area contributed by atoms with Gasteiger partial charge in [-0.1, -0.05) is 140 Å². The molecule has 0 aliphatic carbocycles. The van der Waals surface area contributed by atoms with E-state index in [1.165, 1.54) is 77.0 Å². The molecule has 0 spiro atoms. The van der Waals surface area contributed by atoms with Crippen LogP contribution in [0.4, 0.5) is 0 Å². The summed E-state index contributed by atoms with van der Waals surface area (Å²) < 4.78 is 4.86. The number of benzene rings is 8. The largest absolute Gasteiger partial charge is 0.309 e. The van der Waals surface area contributed by atoms with Gasteiger partial charge in [0.15, 0.2) is 0 Å². The molecular formula is C48H32N2. The molecule has 0 N–H and O–H groups in total. The molecule has 0 amide bonds. The Balaban J connectivity index is 1.25. The number of hydrogen-bond donors (Lipinski definition) is 0. The molecule has 0 aliphatic heterocycles. The lowest BCUT2D eigenvalue weighted by Gasteiger charge is -2.13. The molecular weight excluding hydrogens is 605 g/mol. The summed E-state index contributed by atoms with van der Waals surface area (Å²) >= 11 is 0. The SMILES string of the molecule is c1ccc(-c2ccc3c(c2)c2ccc(-c4cccc5c6cc(-c7ccccc7)ccc6n(-c6ccccc6)c45)cc2n3-c2ccccc2)cc1. The fourth-order valence-corrected chi connectivity index (χ4v) is 7.81. The smallest absolute Gasteiger partial charge is 0.0619 e. The summed E-state index contributed by atoms with van der Waals surface area (Å²) in [7, 11) is 0. The highest BCUT2D eigenvalue weighted by molar-refractivity contribution is 6.16. The van der Waals surface area contributed by atoms with Crippen molar-refractivity contribution < 1.29 is 0 Å². The first-order chi connectivity index (χ1) is 24.8. The van der Waals surface area contributed by atoms with Crippen molar-refractivity contribution in [2.75, 3.05) is 0 Å². The van der Waals surface area contributed by atoms with Crippen molar-refractivity contribution in [3.63, 3.8) is 0 Å². The topological polar surface area (TPSA) is 9.86 Å². The highest BCUT2D eigenvalue weighted by Gasteiger charge is 2.19. The van der Waals surface area contributed by atoms with E-state index in [9.17, 15) is 0 Å². The Morgan fingerprint density at radius 1 is 0.260 bits per heavy atom. The van der Waals surface area contributed by atoms with E-state index in [-0.39, 0.29) is 0 Å². The quantitative estimate of drug-likeness (QED) is 0.178. The first-order valence-electron chi connectivity index (χ1n) is 17.2. The Hall–Kier alpha value is -6.64. The van der Waals surface area contributed by atoms with E-state index >= 15 is 0 Å². The molecule has 10 aromatic rings. The van der Waals surface area contributed by atoms with Crippen LogP contribution in [0.5, 0.6) is 0 Å². The zero-order chi connectivity index (χ0) is 33.0. The minimum atomic E-state index is 1.15. The van der Waals surface area contributed by atoms with E-state index in [1.54, 1.807) is 0 Å². The maximum absolute atomic E-state index is 2.44. The Kier molecular flexibility index (Phi) is 6.53. The summed E-state index contributed by atoms with van der Waals surface area (Å²) in [4.78, 5) is 0. The van der Waals surface area contributed by atoms with Crippen molar-refractivity contribution in [1.29, 1.82) is 0 Å². The fraction of sp³-hybridized carbons (Fsp3) is 0. The molecule has 2 nitrogen and oxygen atoms in total. The van der Waals surface area contributed by atoms with Crippen molar-refractivity contribution in [3.8, 4) is 44.8 Å². The summed E-state index contributed by atoms with van der Waals surface area (Å²) in [6.45, 7) is 0. The van der Waals surface area contributed by atoms with E-state index in [0.29, 0.717) is 0 Å². The van der Waals surface area contributed by atoms with Gasteiger partial charge in [-0.05, 0) is 82.4 Å². The van der Waals surface area contributed by atoms with Gasteiger partial charge in [0.05, 0.1) is 22.1 Å². The first-order valence-corrected chi connectivity index (χ1v) is 17.2. The van der Waals surface area contributed by atoms with Crippen LogP contribution < -0.4 is 0 Å². The van der Waals surface area contributed by atoms with Crippen molar-refractivity contribution in [3.05, 3.63) is 194 Å². The van der Waals surface area contributed by atoms with Crippen molar-refractivity contribution in [2.24, 2.45) is 0 Å². The van der Waals surface area contributed by atoms with Gasteiger partial charge in [-0.15, -0.1) is 0 Å². The second-order valence-electron chi connectivity index (χ2n) is 13.0. The summed E-state index contributed by atoms with van der Waals surface area (Å²) in [5.74, 6) is 0. The van der Waals surface area contributed by atoms with Crippen LogP contribution in [-0.2, 0) is 0 Å². The van der Waals surface area contributed by atoms with Crippen molar-refractivity contribution >= 4 is 43.6 Å². The van der Waals surface area contributed by atoms with Crippen molar-refractivity contribution in [1.82, 2.24) is 9.13 Å². The van der Waals surface area contributed by atoms with Gasteiger partial charge in [0.25, 0.3) is 0 Å². The normalized spacial score (nSPS) is 11.6. The number of aromatic nitrogens is 2. The summed E-state index contributed by atoms with van der Waals surface area (Å²) in [6.07, 6.45) is 0. The Labute approximate surface area is 290 Å². The van der Waals surface area contributed by atoms with Crippen LogP contribution in [0.1, 0.15) is 0 Å². The van der Waals surface area contributed by atoms with Gasteiger partial charge in [0, 0.05) is 38.5 Å². The number of fused-ring (bicyclic) bond motifs is 6. The molecule has 0 radical (unpaired) electrons. The highest BCUT2D eigenvalue weighted by atomic mass is 15.0. The van der Waals surface area contributed by atoms with Crippen LogP contribution in [-0.4, -0.2) is 9.13 Å². The van der Waals surface area contributed by atoms with Crippen LogP contribution in [0.25, 0.3) is 88.4 Å². The molecule has 0 saturated heterocycles. The molecule has 0 atom stereocenters. The Morgan fingerprint density at radius 3 is 1.36 bits per heavy atom. The maximum atomic E-state index is 2.44. The van der Waals surface area contributed by atoms with Gasteiger partial charge >= 0.3 is 0 Å². The van der Waals surface area contributed by atoms with Gasteiger partial charge in [-0.2, -0.15) is 0 Å². The van der Waals surface area contributed by atoms with Gasteiger partial charge < -0.3 is 9.13 Å². The Morgan fingerprint density at radius 2 is 0.760 bits per heavy atom. The lowest BCUT2D eigenvalue weighted by atomic mass is 9.98. The number of rotatable bonds is 5. The molecule has 50 heavy (non-hydrogen) atoms. The van der Waals surface area contributed by atoms with Crippen LogP contribution in [0, 0.1) is 0 Å². The summed E-state index contributed by atoms with van der Waals surface area (Å²) in [5.41, 5.74) is 14.4. The van der Waals surface area contributed by atoms with E-state index in [4.69, 9.17) is 0 Å². The molecule has 0 saturated carbocycles. The summed E-state index contributed by atoms with van der Waals surface area (Å²) in [6, 6.07) is 70.4. The van der Waals surface area contributed by atoms with Crippen LogP contribution in [0.15, 0.2) is 194 Å². The fourth-order valence-electron chi connectivity index (χ4n) is 7.81. The maximum Gasteiger partial charge on any atom is 0.0619 e. The zero-order valence-corrected chi connectivity index (χ0v) is 27.4. The molecule has 2 heteroatoms. The van der Waals surface area contributed by atoms with Crippen LogP contribution >= 0.6 is 0 Å². The third-order valence-electron chi connectivity index (χ3n) is 10.1. The van der Waals surface area contributed by atoms with Gasteiger partial charge in [-0.25, -0.2) is 0 Å². The van der Waals surface area contributed by atoms with Gasteiger partial charge in [-0.3, -0.25) is 0 Å². The second-order valence-corrected chi connectivity index (χ2v) is 13.0. The van der Waals surface area contributed by atoms with Gasteiger partial charge in [0.2, 0.25) is 0 Å². The van der Waals surface area contributed by atoms with E-state index in [2.05, 4.69) is 203 Å². The minimum Gasteiger partial charge on any atom is -0.309 e. The monoisotopic (exact) mass is 636 g/mol. The third-order valence-corrected chi connectivity index (χ3v) is 10.1. The number of hydrogen-bond acceptors (Lipinski definition) is 0. The lowest BCUT2D eigenvalue weighted by Crippen LogP contribution is -1.96. The molecule has 0 bridgehead atoms. The summed E-state index contributed by atoms with van der Waals surface area (Å²) in [5, 5.41) is 4.99. The molecule has 10 rings (SSSR count). The molecule has 0 unspecified atom stereocenters. The van der Waals surface area contributed by atoms with Gasteiger partial charge in [0.1, 0.15) is 0 Å². The molecule has 0 fully saturated rings. The average Bonchev–Trinajstić information content (AvgIpc) is 3.71. The standard InChI is InChI=1S/C48H32N2/c1-5-14-33(15-6-1)35-25-28-45-43(30-35)41-27-24-37(32-47(41)49(45)38-18-9-3-10-19-38)40-22-13-23-42-44-31-36(34-16-7-2-8-17-34)26-29-46(44)50(48(40)42)39-20-11-4-12-21-39/h1-32H. The molecule has 234 valence electrons.